The van der Waals surface area contributed by atoms with E-state index in [1.807, 2.05) is 6.07 Å². The van der Waals surface area contributed by atoms with E-state index >= 15 is 0 Å². The van der Waals surface area contributed by atoms with Crippen molar-refractivity contribution in [2.24, 2.45) is 0 Å². The van der Waals surface area contributed by atoms with Crippen LogP contribution in [0.1, 0.15) is 40.4 Å². The minimum Gasteiger partial charge on any atom is -0.319 e. The van der Waals surface area contributed by atoms with Crippen LogP contribution in [0.5, 0.6) is 0 Å². The van der Waals surface area contributed by atoms with Crippen LogP contribution in [-0.4, -0.2) is 4.57 Å². The standard InChI is InChI=1S/C21H18Cl2N2/c22-17-8-9-18-16(20(17)23)12-24-21(19-5-2-10-25(18)19)15-7-6-13-3-1-4-14(13)11-15/h2,5-11,21,24H,1,3-4,12H2. The molecule has 0 saturated carbocycles. The molecule has 4 heteroatoms. The maximum Gasteiger partial charge on any atom is 0.0737 e. The highest BCUT2D eigenvalue weighted by Gasteiger charge is 2.25. The van der Waals surface area contributed by atoms with Crippen molar-refractivity contribution in [3.63, 3.8) is 0 Å². The van der Waals surface area contributed by atoms with Gasteiger partial charge in [-0.15, -0.1) is 0 Å². The summed E-state index contributed by atoms with van der Waals surface area (Å²) in [6.07, 6.45) is 5.78. The molecule has 0 fully saturated rings. The highest BCUT2D eigenvalue weighted by Crippen LogP contribution is 2.37. The van der Waals surface area contributed by atoms with Gasteiger partial charge in [0.1, 0.15) is 0 Å². The van der Waals surface area contributed by atoms with Crippen LogP contribution < -0.4 is 5.32 Å². The smallest absolute Gasteiger partial charge is 0.0737 e. The lowest BCUT2D eigenvalue weighted by Crippen LogP contribution is -2.21. The van der Waals surface area contributed by atoms with E-state index in [9.17, 15) is 0 Å². The molecule has 2 nitrogen and oxygen atoms in total. The molecule has 3 aromatic rings. The van der Waals surface area contributed by atoms with Gasteiger partial charge in [0.2, 0.25) is 0 Å². The number of rotatable bonds is 1. The zero-order valence-electron chi connectivity index (χ0n) is 13.7. The number of hydrogen-bond acceptors (Lipinski definition) is 1. The highest BCUT2D eigenvalue weighted by molar-refractivity contribution is 6.42. The second-order valence-electron chi connectivity index (χ2n) is 6.86. The topological polar surface area (TPSA) is 17.0 Å². The van der Waals surface area contributed by atoms with Crippen LogP contribution >= 0.6 is 23.2 Å². The van der Waals surface area contributed by atoms with Gasteiger partial charge in [0.05, 0.1) is 21.8 Å². The van der Waals surface area contributed by atoms with Crippen LogP contribution in [0, 0.1) is 0 Å². The van der Waals surface area contributed by atoms with Gasteiger partial charge in [0.15, 0.2) is 0 Å². The molecule has 1 N–H and O–H groups in total. The van der Waals surface area contributed by atoms with Gasteiger partial charge in [-0.3, -0.25) is 0 Å². The van der Waals surface area contributed by atoms with Crippen LogP contribution in [0.25, 0.3) is 5.69 Å². The van der Waals surface area contributed by atoms with Crippen LogP contribution in [0.2, 0.25) is 10.0 Å². The van der Waals surface area contributed by atoms with Crippen LogP contribution in [0.4, 0.5) is 0 Å². The van der Waals surface area contributed by atoms with Crippen molar-refractivity contribution in [3.05, 3.63) is 86.7 Å². The van der Waals surface area contributed by atoms with E-state index in [2.05, 4.69) is 52.5 Å². The summed E-state index contributed by atoms with van der Waals surface area (Å²) >= 11 is 12.8. The minimum atomic E-state index is 0.142. The van der Waals surface area contributed by atoms with Crippen molar-refractivity contribution in [2.75, 3.05) is 0 Å². The predicted octanol–water partition coefficient (Wildman–Crippen LogP) is 5.47. The number of nitrogens with zero attached hydrogens (tertiary/aromatic N) is 1. The lowest BCUT2D eigenvalue weighted by atomic mass is 9.99. The van der Waals surface area contributed by atoms with Crippen molar-refractivity contribution in [2.45, 2.75) is 31.8 Å². The molecule has 1 unspecified atom stereocenters. The molecule has 2 aromatic carbocycles. The summed E-state index contributed by atoms with van der Waals surface area (Å²) in [4.78, 5) is 0. The molecule has 1 aliphatic heterocycles. The number of halogens is 2. The summed E-state index contributed by atoms with van der Waals surface area (Å²) in [5.74, 6) is 0. The zero-order valence-corrected chi connectivity index (χ0v) is 15.2. The van der Waals surface area contributed by atoms with Gasteiger partial charge in [0.25, 0.3) is 0 Å². The number of nitrogens with one attached hydrogen (secondary N) is 1. The number of hydrogen-bond donors (Lipinski definition) is 1. The highest BCUT2D eigenvalue weighted by atomic mass is 35.5. The van der Waals surface area contributed by atoms with Gasteiger partial charge in [-0.1, -0.05) is 41.4 Å². The molecule has 2 heterocycles. The molecule has 25 heavy (non-hydrogen) atoms. The monoisotopic (exact) mass is 368 g/mol. The van der Waals surface area contributed by atoms with Gasteiger partial charge in [-0.25, -0.2) is 0 Å². The first-order valence-corrected chi connectivity index (χ1v) is 9.47. The molecule has 0 spiro atoms. The third-order valence-electron chi connectivity index (χ3n) is 5.45. The molecule has 0 radical (unpaired) electrons. The van der Waals surface area contributed by atoms with Gasteiger partial charge >= 0.3 is 0 Å². The van der Waals surface area contributed by atoms with E-state index in [0.717, 1.165) is 11.3 Å². The Morgan fingerprint density at radius 1 is 1.00 bits per heavy atom. The largest absolute Gasteiger partial charge is 0.319 e. The van der Waals surface area contributed by atoms with Crippen LogP contribution in [-0.2, 0) is 19.4 Å². The van der Waals surface area contributed by atoms with Gasteiger partial charge < -0.3 is 9.88 Å². The molecule has 2 aliphatic rings. The Morgan fingerprint density at radius 3 is 2.80 bits per heavy atom. The summed E-state index contributed by atoms with van der Waals surface area (Å²) in [7, 11) is 0. The molecule has 1 aromatic heterocycles. The first-order chi connectivity index (χ1) is 12.2. The van der Waals surface area contributed by atoms with E-state index in [1.165, 1.54) is 41.6 Å². The Balaban J connectivity index is 1.64. The minimum absolute atomic E-state index is 0.142. The zero-order chi connectivity index (χ0) is 17.0. The molecule has 0 bridgehead atoms. The van der Waals surface area contributed by atoms with E-state index in [-0.39, 0.29) is 6.04 Å². The second-order valence-corrected chi connectivity index (χ2v) is 7.64. The fourth-order valence-corrected chi connectivity index (χ4v) is 4.60. The Kier molecular flexibility index (Phi) is 3.67. The molecular formula is C21H18Cl2N2. The number of aryl methyl sites for hydroxylation is 2. The molecular weight excluding hydrogens is 351 g/mol. The Hall–Kier alpha value is -1.74. The van der Waals surface area contributed by atoms with Crippen molar-refractivity contribution < 1.29 is 0 Å². The fraction of sp³-hybridized carbons (Fsp3) is 0.238. The Bertz CT molecular complexity index is 974. The van der Waals surface area contributed by atoms with E-state index < -0.39 is 0 Å². The van der Waals surface area contributed by atoms with Gasteiger partial charge in [-0.05, 0) is 60.2 Å². The van der Waals surface area contributed by atoms with Crippen LogP contribution in [0.3, 0.4) is 0 Å². The summed E-state index contributed by atoms with van der Waals surface area (Å²) in [6.45, 7) is 0.693. The van der Waals surface area contributed by atoms with Crippen molar-refractivity contribution in [1.82, 2.24) is 9.88 Å². The summed E-state index contributed by atoms with van der Waals surface area (Å²) < 4.78 is 2.23. The number of benzene rings is 2. The third kappa shape index (κ3) is 2.43. The lowest BCUT2D eigenvalue weighted by Gasteiger charge is -2.19. The second kappa shape index (κ2) is 5.91. The molecule has 0 amide bonds. The number of aromatic nitrogens is 1. The SMILES string of the molecule is Clc1ccc2c(c1Cl)CNC(c1ccc3c(c1)CCC3)c1cccn1-2. The molecule has 1 aliphatic carbocycles. The normalized spacial score (nSPS) is 18.4. The summed E-state index contributed by atoms with van der Waals surface area (Å²) in [5.41, 5.74) is 7.71. The summed E-state index contributed by atoms with van der Waals surface area (Å²) in [6, 6.07) is 15.3. The van der Waals surface area contributed by atoms with Crippen LogP contribution in [0.15, 0.2) is 48.7 Å². The molecule has 5 rings (SSSR count). The average molecular weight is 369 g/mol. The maximum atomic E-state index is 6.50. The van der Waals surface area contributed by atoms with E-state index in [4.69, 9.17) is 23.2 Å². The molecule has 126 valence electrons. The van der Waals surface area contributed by atoms with Gasteiger partial charge in [-0.2, -0.15) is 0 Å². The average Bonchev–Trinajstić information content (AvgIpc) is 3.25. The quantitative estimate of drug-likeness (QED) is 0.602. The fourth-order valence-electron chi connectivity index (χ4n) is 4.19. The van der Waals surface area contributed by atoms with Crippen molar-refractivity contribution in [3.8, 4) is 5.69 Å². The van der Waals surface area contributed by atoms with Crippen molar-refractivity contribution >= 4 is 23.2 Å². The number of fused-ring (bicyclic) bond motifs is 4. The van der Waals surface area contributed by atoms with E-state index in [1.54, 1.807) is 0 Å². The Morgan fingerprint density at radius 2 is 1.88 bits per heavy atom. The lowest BCUT2D eigenvalue weighted by molar-refractivity contribution is 0.600. The maximum absolute atomic E-state index is 6.50. The molecule has 0 saturated heterocycles. The van der Waals surface area contributed by atoms with Gasteiger partial charge in [0, 0.05) is 24.0 Å². The third-order valence-corrected chi connectivity index (χ3v) is 6.29. The van der Waals surface area contributed by atoms with Crippen molar-refractivity contribution in [1.29, 1.82) is 0 Å². The summed E-state index contributed by atoms with van der Waals surface area (Å²) in [5, 5.41) is 4.94. The first-order valence-electron chi connectivity index (χ1n) is 8.72. The Labute approximate surface area is 157 Å². The first kappa shape index (κ1) is 15.5. The molecule has 1 atom stereocenters. The van der Waals surface area contributed by atoms with E-state index in [0.29, 0.717) is 16.6 Å². The predicted molar refractivity (Wildman–Crippen MR) is 103 cm³/mol.